The largest absolute Gasteiger partial charge is 0.380 e. The maximum Gasteiger partial charge on any atom is 0.163 e. The summed E-state index contributed by atoms with van der Waals surface area (Å²) in [5, 5.41) is 3.39. The fraction of sp³-hybridized carbons (Fsp3) is 0.435. The van der Waals surface area contributed by atoms with E-state index in [0.717, 1.165) is 55.5 Å². The molecule has 29 heavy (non-hydrogen) atoms. The fourth-order valence-electron chi connectivity index (χ4n) is 4.50. The predicted molar refractivity (Wildman–Crippen MR) is 115 cm³/mol. The Bertz CT molecular complexity index is 930. The number of nitrogens with one attached hydrogen (secondary N) is 1. The molecule has 0 radical (unpaired) electrons. The smallest absolute Gasteiger partial charge is 0.163 e. The van der Waals surface area contributed by atoms with Gasteiger partial charge in [-0.1, -0.05) is 0 Å². The zero-order chi connectivity index (χ0) is 19.6. The second-order valence-electron chi connectivity index (χ2n) is 8.09. The molecule has 0 unspecified atom stereocenters. The Kier molecular flexibility index (Phi) is 4.92. The number of dihydropyridines is 1. The van der Waals surface area contributed by atoms with Gasteiger partial charge in [0.2, 0.25) is 0 Å². The molecule has 2 fully saturated rings. The van der Waals surface area contributed by atoms with E-state index in [1.165, 1.54) is 37.1 Å². The van der Waals surface area contributed by atoms with Gasteiger partial charge in [0.25, 0.3) is 0 Å². The summed E-state index contributed by atoms with van der Waals surface area (Å²) in [5.74, 6) is 0.0818. The number of pyridine rings is 1. The minimum Gasteiger partial charge on any atom is -0.380 e. The Hall–Kier alpha value is -2.89. The van der Waals surface area contributed by atoms with Gasteiger partial charge >= 0.3 is 0 Å². The van der Waals surface area contributed by atoms with Crippen molar-refractivity contribution in [1.82, 2.24) is 15.2 Å². The maximum atomic E-state index is 12.5. The van der Waals surface area contributed by atoms with Crippen LogP contribution < -0.4 is 10.2 Å². The molecule has 5 rings (SSSR count). The number of aliphatic imine (C=N–C) groups is 1. The molecule has 0 aliphatic carbocycles. The first-order valence-electron chi connectivity index (χ1n) is 10.7. The van der Waals surface area contributed by atoms with Crippen molar-refractivity contribution in [3.63, 3.8) is 0 Å². The third kappa shape index (κ3) is 3.84. The molecule has 1 N–H and O–H groups in total. The first-order valence-corrected chi connectivity index (χ1v) is 10.7. The van der Waals surface area contributed by atoms with Crippen LogP contribution >= 0.6 is 0 Å². The summed E-state index contributed by atoms with van der Waals surface area (Å²) in [7, 11) is 0. The number of likely N-dealkylation sites (tertiary alicyclic amines) is 1. The van der Waals surface area contributed by atoms with Gasteiger partial charge in [0, 0.05) is 56.4 Å². The van der Waals surface area contributed by atoms with Crippen molar-refractivity contribution in [3.8, 4) is 0 Å². The van der Waals surface area contributed by atoms with Gasteiger partial charge in [-0.25, -0.2) is 4.99 Å². The molecule has 1 aromatic heterocycles. The molecule has 6 nitrogen and oxygen atoms in total. The zero-order valence-electron chi connectivity index (χ0n) is 16.7. The molecule has 0 amide bonds. The second-order valence-corrected chi connectivity index (χ2v) is 8.09. The summed E-state index contributed by atoms with van der Waals surface area (Å²) in [6.45, 7) is 5.15. The SMILES string of the molecule is O=C1C=C(C2=CC(N3CCCC3)=CCN2)N=C(c2cc(N3CCCC3)ccn2)C1. The van der Waals surface area contributed by atoms with Crippen LogP contribution in [0.3, 0.4) is 0 Å². The number of rotatable bonds is 4. The molecule has 150 valence electrons. The highest BCUT2D eigenvalue weighted by atomic mass is 16.1. The Balaban J connectivity index is 1.42. The molecule has 0 aromatic carbocycles. The highest BCUT2D eigenvalue weighted by Gasteiger charge is 2.22. The molecule has 1 aromatic rings. The lowest BCUT2D eigenvalue weighted by Crippen LogP contribution is -2.27. The van der Waals surface area contributed by atoms with E-state index in [9.17, 15) is 4.79 Å². The molecule has 6 heteroatoms. The Morgan fingerprint density at radius 1 is 0.966 bits per heavy atom. The van der Waals surface area contributed by atoms with Crippen molar-refractivity contribution in [3.05, 3.63) is 59.3 Å². The standard InChI is InChI=1S/C23H27N5O/c29-19-15-22(20-13-17(5-7-24-20)27-9-1-2-10-27)26-23(16-19)21-14-18(6-8-25-21)28-11-3-4-12-28/h5-7,13-14,16,25H,1-4,8-12,15H2. The quantitative estimate of drug-likeness (QED) is 0.858. The summed E-state index contributed by atoms with van der Waals surface area (Å²) in [6, 6.07) is 4.13. The lowest BCUT2D eigenvalue weighted by atomic mass is 10.0. The topological polar surface area (TPSA) is 60.8 Å². The normalized spacial score (nSPS) is 22.1. The highest BCUT2D eigenvalue weighted by Crippen LogP contribution is 2.26. The molecule has 0 spiro atoms. The second kappa shape index (κ2) is 7.85. The molecule has 4 aliphatic heterocycles. The minimum absolute atomic E-state index is 0.0818. The van der Waals surface area contributed by atoms with Crippen molar-refractivity contribution < 1.29 is 4.79 Å². The average Bonchev–Trinajstić information content (AvgIpc) is 3.48. The molecular weight excluding hydrogens is 362 g/mol. The van der Waals surface area contributed by atoms with E-state index in [1.807, 2.05) is 6.20 Å². The van der Waals surface area contributed by atoms with Gasteiger partial charge in [-0.05, 0) is 50.0 Å². The lowest BCUT2D eigenvalue weighted by molar-refractivity contribution is -0.113. The first kappa shape index (κ1) is 18.2. The van der Waals surface area contributed by atoms with E-state index >= 15 is 0 Å². The number of carbonyl (C=O) groups excluding carboxylic acids is 1. The molecule has 5 heterocycles. The number of hydrogen-bond acceptors (Lipinski definition) is 6. The molecule has 2 saturated heterocycles. The molecular formula is C23H27N5O. The number of nitrogens with zero attached hydrogens (tertiary/aromatic N) is 4. The van der Waals surface area contributed by atoms with Crippen LogP contribution in [0.25, 0.3) is 0 Å². The van der Waals surface area contributed by atoms with Gasteiger partial charge in [0.15, 0.2) is 5.78 Å². The number of carbonyl (C=O) groups is 1. The maximum absolute atomic E-state index is 12.5. The summed E-state index contributed by atoms with van der Waals surface area (Å²) in [5.41, 5.74) is 5.62. The number of anilines is 1. The monoisotopic (exact) mass is 389 g/mol. The Morgan fingerprint density at radius 2 is 1.72 bits per heavy atom. The molecule has 0 bridgehead atoms. The molecule has 4 aliphatic rings. The summed E-state index contributed by atoms with van der Waals surface area (Å²) >= 11 is 0. The number of hydrogen-bond donors (Lipinski definition) is 1. The zero-order valence-corrected chi connectivity index (χ0v) is 16.7. The lowest BCUT2D eigenvalue weighted by Gasteiger charge is -2.25. The van der Waals surface area contributed by atoms with Crippen LogP contribution in [-0.4, -0.2) is 54.1 Å². The van der Waals surface area contributed by atoms with Gasteiger partial charge in [-0.3, -0.25) is 9.78 Å². The van der Waals surface area contributed by atoms with Crippen LogP contribution in [-0.2, 0) is 4.79 Å². The number of ketones is 1. The van der Waals surface area contributed by atoms with Gasteiger partial charge in [-0.2, -0.15) is 0 Å². The van der Waals surface area contributed by atoms with Crippen molar-refractivity contribution in [1.29, 1.82) is 0 Å². The van der Waals surface area contributed by atoms with E-state index in [4.69, 9.17) is 4.99 Å². The van der Waals surface area contributed by atoms with Gasteiger partial charge in [0.05, 0.1) is 29.2 Å². The van der Waals surface area contributed by atoms with Crippen LogP contribution in [0, 0.1) is 0 Å². The van der Waals surface area contributed by atoms with Gasteiger partial charge in [-0.15, -0.1) is 0 Å². The Morgan fingerprint density at radius 3 is 2.52 bits per heavy atom. The highest BCUT2D eigenvalue weighted by molar-refractivity contribution is 6.16. The van der Waals surface area contributed by atoms with Crippen LogP contribution in [0.1, 0.15) is 37.8 Å². The minimum atomic E-state index is 0.0818. The summed E-state index contributed by atoms with van der Waals surface area (Å²) in [4.78, 5) is 26.7. The summed E-state index contributed by atoms with van der Waals surface area (Å²) < 4.78 is 0. The van der Waals surface area contributed by atoms with E-state index in [0.29, 0.717) is 6.42 Å². The van der Waals surface area contributed by atoms with Crippen LogP contribution in [0.5, 0.6) is 0 Å². The van der Waals surface area contributed by atoms with Crippen LogP contribution in [0.4, 0.5) is 5.69 Å². The molecule has 0 atom stereocenters. The third-order valence-corrected chi connectivity index (χ3v) is 6.05. The Labute approximate surface area is 171 Å². The fourth-order valence-corrected chi connectivity index (χ4v) is 4.50. The van der Waals surface area contributed by atoms with Crippen LogP contribution in [0.15, 0.2) is 58.6 Å². The average molecular weight is 390 g/mol. The van der Waals surface area contributed by atoms with Crippen molar-refractivity contribution in [2.75, 3.05) is 37.6 Å². The number of allylic oxidation sites excluding steroid dienone is 2. The number of aromatic nitrogens is 1. The predicted octanol–water partition coefficient (Wildman–Crippen LogP) is 2.79. The van der Waals surface area contributed by atoms with Crippen molar-refractivity contribution in [2.24, 2.45) is 4.99 Å². The molecule has 0 saturated carbocycles. The van der Waals surface area contributed by atoms with Gasteiger partial charge in [0.1, 0.15) is 0 Å². The third-order valence-electron chi connectivity index (χ3n) is 6.05. The van der Waals surface area contributed by atoms with E-state index < -0.39 is 0 Å². The first-order chi connectivity index (χ1) is 14.3. The van der Waals surface area contributed by atoms with E-state index in [-0.39, 0.29) is 5.78 Å². The summed E-state index contributed by atoms with van der Waals surface area (Å²) in [6.07, 6.45) is 13.1. The van der Waals surface area contributed by atoms with Crippen LogP contribution in [0.2, 0.25) is 0 Å². The van der Waals surface area contributed by atoms with Crippen molar-refractivity contribution in [2.45, 2.75) is 32.1 Å². The van der Waals surface area contributed by atoms with Gasteiger partial charge < -0.3 is 15.1 Å². The van der Waals surface area contributed by atoms with E-state index in [1.54, 1.807) is 6.08 Å². The van der Waals surface area contributed by atoms with E-state index in [2.05, 4.69) is 44.4 Å². The van der Waals surface area contributed by atoms with Crippen molar-refractivity contribution >= 4 is 17.2 Å².